The van der Waals surface area contributed by atoms with Crippen LogP contribution in [0.1, 0.15) is 0 Å². The van der Waals surface area contributed by atoms with Crippen molar-refractivity contribution < 1.29 is 99.4 Å². The minimum absolute atomic E-state index is 0. The molecule has 0 fully saturated rings. The summed E-state index contributed by atoms with van der Waals surface area (Å²) in [6.45, 7) is 0. The van der Waals surface area contributed by atoms with Gasteiger partial charge >= 0.3 is 0 Å². The van der Waals surface area contributed by atoms with E-state index in [9.17, 15) is 0 Å². The van der Waals surface area contributed by atoms with Crippen LogP contribution in [-0.4, -0.2) is 0 Å². The van der Waals surface area contributed by atoms with Crippen LogP contribution in [-0.2, 0) is 99.4 Å². The van der Waals surface area contributed by atoms with Gasteiger partial charge in [0.1, 0.15) is 0 Å². The molecule has 0 unspecified atom stereocenters. The molecule has 0 aromatic heterocycles. The Hall–Kier alpha value is 3.32. The molecule has 0 spiro atoms. The Bertz CT molecular complexity index is 6.00. The smallest absolute Gasteiger partial charge is 0 e. The van der Waals surface area contributed by atoms with E-state index in [1.54, 1.807) is 0 Å². The van der Waals surface area contributed by atoms with Gasteiger partial charge in [-0.25, -0.2) is 0 Å². The molecule has 0 rings (SSSR count). The predicted octanol–water partition coefficient (Wildman–Crippen LogP) is -0.0100. The van der Waals surface area contributed by atoms with E-state index >= 15 is 0 Å². The number of hydrogen-bond donors (Lipinski definition) is 0. The largest absolute Gasteiger partial charge is 0 e. The topological polar surface area (TPSA) is 0 Å². The molecule has 4 heavy (non-hydrogen) atoms. The van der Waals surface area contributed by atoms with Crippen LogP contribution >= 0.6 is 0 Å². The fourth-order valence-corrected chi connectivity index (χ4v) is 0. The second-order valence-electron chi connectivity index (χ2n) is 0. The first-order valence-corrected chi connectivity index (χ1v) is 0. The average molecular weight is 530 g/mol. The van der Waals surface area contributed by atoms with E-state index in [1.807, 2.05) is 0 Å². The monoisotopic (exact) mass is 532 g/mol. The zero-order valence-electron chi connectivity index (χ0n) is 2.02. The van der Waals surface area contributed by atoms with Crippen molar-refractivity contribution in [2.45, 2.75) is 0 Å². The van der Waals surface area contributed by atoms with E-state index in [2.05, 4.69) is 0 Å². The van der Waals surface area contributed by atoms with Crippen molar-refractivity contribution in [3.63, 3.8) is 0 Å². The van der Waals surface area contributed by atoms with Crippen molar-refractivity contribution in [1.29, 1.82) is 0 Å². The van der Waals surface area contributed by atoms with Crippen LogP contribution in [0.3, 0.4) is 0 Å². The quantitative estimate of drug-likeness (QED) is 0.388. The van der Waals surface area contributed by atoms with E-state index in [0.29, 0.717) is 0 Å². The average Bonchev–Trinajstić information content (AvgIpc) is 0. The number of hydrogen-bond acceptors (Lipinski definition) is 0. The second-order valence-corrected chi connectivity index (χ2v) is 0. The molecule has 0 amide bonds. The van der Waals surface area contributed by atoms with Crippen LogP contribution < -0.4 is 0 Å². The fourth-order valence-electron chi connectivity index (χ4n) is 0. The molecule has 0 aliphatic heterocycles. The van der Waals surface area contributed by atoms with Gasteiger partial charge in [-0.3, -0.25) is 0 Å². The summed E-state index contributed by atoms with van der Waals surface area (Å²) < 4.78 is 0. The minimum Gasteiger partial charge on any atom is 0 e. The van der Waals surface area contributed by atoms with Crippen LogP contribution in [0.5, 0.6) is 0 Å². The van der Waals surface area contributed by atoms with Gasteiger partial charge in [0.05, 0.1) is 0 Å². The van der Waals surface area contributed by atoms with E-state index in [4.69, 9.17) is 0 Å². The van der Waals surface area contributed by atoms with Crippen molar-refractivity contribution in [1.82, 2.24) is 0 Å². The first kappa shape index (κ1) is 26.5. The van der Waals surface area contributed by atoms with Gasteiger partial charge in [-0.05, 0) is 0 Å². The molecular formula is AgAuCd2. The summed E-state index contributed by atoms with van der Waals surface area (Å²) in [7, 11) is 0. The van der Waals surface area contributed by atoms with Crippen LogP contribution in [0.2, 0.25) is 0 Å². The Kier molecular flexibility index (Phi) is 108. The molecule has 0 aliphatic rings. The van der Waals surface area contributed by atoms with Gasteiger partial charge in [-0.15, -0.1) is 0 Å². The summed E-state index contributed by atoms with van der Waals surface area (Å²) in [6, 6.07) is 0. The molecule has 0 bridgehead atoms. The molecule has 0 saturated heterocycles. The van der Waals surface area contributed by atoms with Crippen LogP contribution in [0.4, 0.5) is 0 Å². The third-order valence-electron chi connectivity index (χ3n) is 0. The molecule has 0 nitrogen and oxygen atoms in total. The summed E-state index contributed by atoms with van der Waals surface area (Å²) in [5.41, 5.74) is 0. The maximum Gasteiger partial charge on any atom is 0 e. The standard InChI is InChI=1S/Ag.Au.2Cd. The predicted molar refractivity (Wildman–Crippen MR) is 0 cm³/mol. The van der Waals surface area contributed by atoms with E-state index < -0.39 is 0 Å². The molecular weight excluding hydrogens is 530 g/mol. The van der Waals surface area contributed by atoms with Crippen LogP contribution in [0.15, 0.2) is 0 Å². The summed E-state index contributed by atoms with van der Waals surface area (Å²) in [5, 5.41) is 0. The number of rotatable bonds is 0. The van der Waals surface area contributed by atoms with Crippen LogP contribution in [0, 0.1) is 0 Å². The van der Waals surface area contributed by atoms with Gasteiger partial charge in [0.2, 0.25) is 0 Å². The molecule has 0 saturated carbocycles. The molecule has 0 N–H and O–H groups in total. The third kappa shape index (κ3) is 9.01. The summed E-state index contributed by atoms with van der Waals surface area (Å²) in [5.74, 6) is 0. The van der Waals surface area contributed by atoms with Gasteiger partial charge < -0.3 is 0 Å². The van der Waals surface area contributed by atoms with E-state index in [1.165, 1.54) is 0 Å². The van der Waals surface area contributed by atoms with E-state index in [-0.39, 0.29) is 99.4 Å². The van der Waals surface area contributed by atoms with Crippen molar-refractivity contribution in [3.05, 3.63) is 0 Å². The molecule has 0 aromatic carbocycles. The maximum absolute atomic E-state index is 0. The summed E-state index contributed by atoms with van der Waals surface area (Å²) >= 11 is 0. The molecule has 2 radical (unpaired) electrons. The van der Waals surface area contributed by atoms with Crippen molar-refractivity contribution in [2.75, 3.05) is 0 Å². The Balaban J connectivity index is 0. The normalized spacial score (nSPS) is 0. The Morgan fingerprint density at radius 1 is 0.750 bits per heavy atom. The van der Waals surface area contributed by atoms with Gasteiger partial charge in [0.25, 0.3) is 0 Å². The van der Waals surface area contributed by atoms with Crippen molar-refractivity contribution in [3.8, 4) is 0 Å². The second kappa shape index (κ2) is 16.2. The molecule has 26 valence electrons. The maximum atomic E-state index is 0. The first-order chi connectivity index (χ1) is 0. The zero-order valence-corrected chi connectivity index (χ0v) is 13.7. The SMILES string of the molecule is [Ag].[Au].[Cd].[Cd]. The minimum atomic E-state index is 0. The molecule has 0 heterocycles. The Morgan fingerprint density at radius 3 is 0.750 bits per heavy atom. The van der Waals surface area contributed by atoms with Gasteiger partial charge in [0.15, 0.2) is 0 Å². The third-order valence-corrected chi connectivity index (χ3v) is 0. The molecule has 0 atom stereocenters. The Labute approximate surface area is 97.2 Å². The summed E-state index contributed by atoms with van der Waals surface area (Å²) in [6.07, 6.45) is 0. The molecule has 4 heteroatoms. The fraction of sp³-hybridized carbons (Fsp3) is 0. The van der Waals surface area contributed by atoms with Crippen molar-refractivity contribution >= 4 is 0 Å². The van der Waals surface area contributed by atoms with Gasteiger partial charge in [-0.1, -0.05) is 0 Å². The zero-order chi connectivity index (χ0) is 0. The summed E-state index contributed by atoms with van der Waals surface area (Å²) in [4.78, 5) is 0. The molecule has 0 aromatic rings. The van der Waals surface area contributed by atoms with Crippen molar-refractivity contribution in [2.24, 2.45) is 0 Å². The molecule has 0 aliphatic carbocycles. The van der Waals surface area contributed by atoms with Gasteiger partial charge in [0, 0.05) is 99.4 Å². The Morgan fingerprint density at radius 2 is 0.750 bits per heavy atom. The first-order valence-electron chi connectivity index (χ1n) is 0. The van der Waals surface area contributed by atoms with Gasteiger partial charge in [-0.2, -0.15) is 0 Å². The van der Waals surface area contributed by atoms with E-state index in [0.717, 1.165) is 0 Å². The van der Waals surface area contributed by atoms with Crippen LogP contribution in [0.25, 0.3) is 0 Å².